The molecule has 0 radical (unpaired) electrons. The summed E-state index contributed by atoms with van der Waals surface area (Å²) in [5, 5.41) is 1.12. The number of hydrogen-bond donors (Lipinski definition) is 1. The van der Waals surface area contributed by atoms with E-state index in [1.165, 1.54) is 26.2 Å². The van der Waals surface area contributed by atoms with Crippen LogP contribution in [-0.2, 0) is 16.6 Å². The number of carbonyl (C=O) groups is 1. The van der Waals surface area contributed by atoms with E-state index in [4.69, 9.17) is 0 Å². The number of hydrogen-bond acceptors (Lipinski definition) is 3. The molecule has 1 heterocycles. The van der Waals surface area contributed by atoms with Gasteiger partial charge in [0.15, 0.2) is 0 Å². The fourth-order valence-corrected chi connectivity index (χ4v) is 4.20. The van der Waals surface area contributed by atoms with Gasteiger partial charge in [-0.2, -0.15) is 0 Å². The molecule has 0 atom stereocenters. The van der Waals surface area contributed by atoms with Gasteiger partial charge in [0.1, 0.15) is 0 Å². The minimum absolute atomic E-state index is 0.0644. The molecular formula is C21H23N3O3S. The van der Waals surface area contributed by atoms with E-state index in [9.17, 15) is 13.2 Å². The monoisotopic (exact) mass is 397 g/mol. The first-order valence-electron chi connectivity index (χ1n) is 9.26. The predicted octanol–water partition coefficient (Wildman–Crippen LogP) is 3.22. The topological polar surface area (TPSA) is 73.5 Å². The molecule has 1 aromatic heterocycles. The lowest BCUT2D eigenvalue weighted by atomic mass is 10.1. The number of nitrogens with zero attached hydrogens (tertiary/aromatic N) is 2. The zero-order valence-electron chi connectivity index (χ0n) is 15.9. The van der Waals surface area contributed by atoms with Crippen molar-refractivity contribution in [2.45, 2.75) is 30.3 Å². The van der Waals surface area contributed by atoms with Gasteiger partial charge in [0.05, 0.1) is 4.90 Å². The Hall–Kier alpha value is -2.64. The molecule has 0 unspecified atom stereocenters. The van der Waals surface area contributed by atoms with Crippen molar-refractivity contribution in [2.24, 2.45) is 0 Å². The number of carbonyl (C=O) groups excluding carboxylic acids is 1. The minimum Gasteiger partial charge on any atom is -0.361 e. The molecular weight excluding hydrogens is 374 g/mol. The molecule has 3 aromatic rings. The second kappa shape index (κ2) is 7.07. The molecule has 28 heavy (non-hydrogen) atoms. The van der Waals surface area contributed by atoms with Gasteiger partial charge in [0, 0.05) is 44.0 Å². The Labute approximate surface area is 164 Å². The molecule has 4 rings (SSSR count). The van der Waals surface area contributed by atoms with Crippen LogP contribution in [0.2, 0.25) is 0 Å². The Morgan fingerprint density at radius 2 is 1.79 bits per heavy atom. The number of nitrogens with one attached hydrogen (secondary N) is 1. The van der Waals surface area contributed by atoms with E-state index in [-0.39, 0.29) is 16.8 Å². The summed E-state index contributed by atoms with van der Waals surface area (Å²) >= 11 is 0. The fourth-order valence-electron chi connectivity index (χ4n) is 3.30. The number of aromatic nitrogens is 1. The van der Waals surface area contributed by atoms with Crippen LogP contribution in [0, 0.1) is 0 Å². The summed E-state index contributed by atoms with van der Waals surface area (Å²) in [5.74, 6) is -0.0644. The highest BCUT2D eigenvalue weighted by molar-refractivity contribution is 7.89. The van der Waals surface area contributed by atoms with E-state index < -0.39 is 10.0 Å². The number of H-pyrrole nitrogens is 1. The summed E-state index contributed by atoms with van der Waals surface area (Å²) in [6.45, 7) is 0.544. The van der Waals surface area contributed by atoms with Gasteiger partial charge in [-0.15, -0.1) is 0 Å². The maximum atomic E-state index is 13.1. The van der Waals surface area contributed by atoms with Gasteiger partial charge in [0.25, 0.3) is 5.91 Å². The molecule has 1 aliphatic rings. The van der Waals surface area contributed by atoms with Crippen LogP contribution in [0.15, 0.2) is 59.6 Å². The molecule has 1 N–H and O–H groups in total. The lowest BCUT2D eigenvalue weighted by Crippen LogP contribution is -2.32. The van der Waals surface area contributed by atoms with E-state index in [1.54, 1.807) is 12.1 Å². The number of rotatable bonds is 6. The summed E-state index contributed by atoms with van der Waals surface area (Å²) in [5.41, 5.74) is 2.66. The van der Waals surface area contributed by atoms with Crippen molar-refractivity contribution in [3.8, 4) is 0 Å². The first-order chi connectivity index (χ1) is 13.4. The highest BCUT2D eigenvalue weighted by atomic mass is 32.2. The summed E-state index contributed by atoms with van der Waals surface area (Å²) in [6.07, 6.45) is 3.91. The minimum atomic E-state index is -3.50. The highest BCUT2D eigenvalue weighted by Crippen LogP contribution is 2.30. The van der Waals surface area contributed by atoms with Crippen LogP contribution in [0.1, 0.15) is 28.8 Å². The van der Waals surface area contributed by atoms with Crippen molar-refractivity contribution in [1.29, 1.82) is 0 Å². The van der Waals surface area contributed by atoms with Gasteiger partial charge in [-0.05, 0) is 66.3 Å². The first-order valence-corrected chi connectivity index (χ1v) is 10.7. The SMILES string of the molecule is CN(C)S(=O)(=O)c1ccc(C(=O)N(Cc2ccc3[nH]ccc3c2)C2CC2)cc1. The van der Waals surface area contributed by atoms with Crippen molar-refractivity contribution in [3.05, 3.63) is 65.9 Å². The van der Waals surface area contributed by atoms with Gasteiger partial charge in [0.2, 0.25) is 10.0 Å². The van der Waals surface area contributed by atoms with Crippen LogP contribution in [0.25, 0.3) is 10.9 Å². The fraction of sp³-hybridized carbons (Fsp3) is 0.286. The first kappa shape index (κ1) is 18.7. The molecule has 2 aromatic carbocycles. The predicted molar refractivity (Wildman–Crippen MR) is 109 cm³/mol. The van der Waals surface area contributed by atoms with Crippen LogP contribution in [0.3, 0.4) is 0 Å². The van der Waals surface area contributed by atoms with E-state index in [1.807, 2.05) is 29.3 Å². The smallest absolute Gasteiger partial charge is 0.254 e. The molecule has 1 saturated carbocycles. The molecule has 0 aliphatic heterocycles. The van der Waals surface area contributed by atoms with Gasteiger partial charge in [-0.25, -0.2) is 12.7 Å². The Morgan fingerprint density at radius 1 is 1.07 bits per heavy atom. The Balaban J connectivity index is 1.57. The Kier molecular flexibility index (Phi) is 4.72. The molecule has 0 bridgehead atoms. The number of benzene rings is 2. The standard InChI is InChI=1S/C21H23N3O3S/c1-23(2)28(26,27)19-8-4-16(5-9-19)21(25)24(18-6-7-18)14-15-3-10-20-17(13-15)11-12-22-20/h3-5,8-13,18,22H,6-7,14H2,1-2H3. The van der Waals surface area contributed by atoms with Crippen LogP contribution < -0.4 is 0 Å². The third-order valence-electron chi connectivity index (χ3n) is 5.10. The zero-order chi connectivity index (χ0) is 19.9. The van der Waals surface area contributed by atoms with Crippen molar-refractivity contribution in [2.75, 3.05) is 14.1 Å². The van der Waals surface area contributed by atoms with Gasteiger partial charge >= 0.3 is 0 Å². The van der Waals surface area contributed by atoms with E-state index in [0.717, 1.165) is 33.6 Å². The van der Waals surface area contributed by atoms with Gasteiger partial charge < -0.3 is 9.88 Å². The molecule has 0 spiro atoms. The number of amides is 1. The number of aromatic amines is 1. The quantitative estimate of drug-likeness (QED) is 0.694. The Bertz CT molecular complexity index is 1110. The van der Waals surface area contributed by atoms with Crippen molar-refractivity contribution in [3.63, 3.8) is 0 Å². The van der Waals surface area contributed by atoms with Crippen molar-refractivity contribution in [1.82, 2.24) is 14.2 Å². The van der Waals surface area contributed by atoms with Gasteiger partial charge in [-0.3, -0.25) is 4.79 Å². The summed E-state index contributed by atoms with van der Waals surface area (Å²) < 4.78 is 25.6. The van der Waals surface area contributed by atoms with Crippen LogP contribution in [-0.4, -0.2) is 48.7 Å². The maximum Gasteiger partial charge on any atom is 0.254 e. The molecule has 7 heteroatoms. The molecule has 1 aliphatic carbocycles. The van der Waals surface area contributed by atoms with Crippen LogP contribution in [0.5, 0.6) is 0 Å². The lowest BCUT2D eigenvalue weighted by molar-refractivity contribution is 0.0730. The average Bonchev–Trinajstić information content (AvgIpc) is 3.42. The van der Waals surface area contributed by atoms with E-state index in [2.05, 4.69) is 11.1 Å². The average molecular weight is 398 g/mol. The largest absolute Gasteiger partial charge is 0.361 e. The highest BCUT2D eigenvalue weighted by Gasteiger charge is 2.33. The zero-order valence-corrected chi connectivity index (χ0v) is 16.7. The number of sulfonamides is 1. The maximum absolute atomic E-state index is 13.1. The molecule has 146 valence electrons. The third-order valence-corrected chi connectivity index (χ3v) is 6.93. The van der Waals surface area contributed by atoms with E-state index in [0.29, 0.717) is 12.1 Å². The summed E-state index contributed by atoms with van der Waals surface area (Å²) in [6, 6.07) is 14.6. The normalized spacial score (nSPS) is 14.5. The number of fused-ring (bicyclic) bond motifs is 1. The van der Waals surface area contributed by atoms with Crippen LogP contribution in [0.4, 0.5) is 0 Å². The third kappa shape index (κ3) is 3.55. The van der Waals surface area contributed by atoms with E-state index >= 15 is 0 Å². The second-order valence-corrected chi connectivity index (χ2v) is 9.53. The van der Waals surface area contributed by atoms with Crippen molar-refractivity contribution < 1.29 is 13.2 Å². The Morgan fingerprint density at radius 3 is 2.43 bits per heavy atom. The molecule has 6 nitrogen and oxygen atoms in total. The van der Waals surface area contributed by atoms with Crippen molar-refractivity contribution >= 4 is 26.8 Å². The van der Waals surface area contributed by atoms with Gasteiger partial charge in [-0.1, -0.05) is 6.07 Å². The molecule has 1 fully saturated rings. The molecule has 1 amide bonds. The summed E-state index contributed by atoms with van der Waals surface area (Å²) in [4.78, 5) is 18.4. The lowest BCUT2D eigenvalue weighted by Gasteiger charge is -2.23. The second-order valence-electron chi connectivity index (χ2n) is 7.38. The summed E-state index contributed by atoms with van der Waals surface area (Å²) in [7, 11) is -0.521. The molecule has 0 saturated heterocycles. The van der Waals surface area contributed by atoms with Crippen LogP contribution >= 0.6 is 0 Å².